The summed E-state index contributed by atoms with van der Waals surface area (Å²) >= 11 is 0. The van der Waals surface area contributed by atoms with Crippen molar-refractivity contribution in [3.63, 3.8) is 0 Å². The molecule has 136 valence electrons. The minimum absolute atomic E-state index is 0.0949. The van der Waals surface area contributed by atoms with Crippen molar-refractivity contribution in [3.8, 4) is 0 Å². The number of nitro groups is 1. The van der Waals surface area contributed by atoms with Crippen LogP contribution in [-0.2, 0) is 4.79 Å². The van der Waals surface area contributed by atoms with Gasteiger partial charge in [0, 0.05) is 50.4 Å². The predicted octanol–water partition coefficient (Wildman–Crippen LogP) is 3.44. The highest BCUT2D eigenvalue weighted by molar-refractivity contribution is 5.77. The van der Waals surface area contributed by atoms with Gasteiger partial charge in [-0.2, -0.15) is 0 Å². The SMILES string of the molecule is CC(CC(=O)N1CCN(c2ccc([N+](=O)[O-])cc2)CC1)c1ccccc1. The van der Waals surface area contributed by atoms with Crippen molar-refractivity contribution >= 4 is 17.3 Å². The van der Waals surface area contributed by atoms with Crippen molar-refractivity contribution in [3.05, 3.63) is 70.3 Å². The molecular formula is C20H23N3O3. The van der Waals surface area contributed by atoms with E-state index in [1.54, 1.807) is 12.1 Å². The molecule has 1 unspecified atom stereocenters. The molecule has 6 nitrogen and oxygen atoms in total. The molecule has 1 aliphatic heterocycles. The molecule has 1 saturated heterocycles. The quantitative estimate of drug-likeness (QED) is 0.610. The lowest BCUT2D eigenvalue weighted by Crippen LogP contribution is -2.49. The van der Waals surface area contributed by atoms with Crippen molar-refractivity contribution in [1.82, 2.24) is 4.90 Å². The Balaban J connectivity index is 1.53. The van der Waals surface area contributed by atoms with Crippen LogP contribution in [0.4, 0.5) is 11.4 Å². The number of nitrogens with zero attached hydrogens (tertiary/aromatic N) is 3. The van der Waals surface area contributed by atoms with E-state index in [1.165, 1.54) is 17.7 Å². The largest absolute Gasteiger partial charge is 0.368 e. The van der Waals surface area contributed by atoms with Crippen LogP contribution in [0.2, 0.25) is 0 Å². The van der Waals surface area contributed by atoms with E-state index >= 15 is 0 Å². The Morgan fingerprint density at radius 1 is 1.04 bits per heavy atom. The van der Waals surface area contributed by atoms with Gasteiger partial charge in [0.1, 0.15) is 0 Å². The normalized spacial score (nSPS) is 15.6. The molecular weight excluding hydrogens is 330 g/mol. The second-order valence-electron chi connectivity index (χ2n) is 6.66. The number of carbonyl (C=O) groups is 1. The fraction of sp³-hybridized carbons (Fsp3) is 0.350. The van der Waals surface area contributed by atoms with Crippen molar-refractivity contribution in [2.45, 2.75) is 19.3 Å². The number of piperazine rings is 1. The summed E-state index contributed by atoms with van der Waals surface area (Å²) in [6.07, 6.45) is 0.515. The molecule has 0 aromatic heterocycles. The van der Waals surface area contributed by atoms with Gasteiger partial charge in [0.25, 0.3) is 5.69 Å². The summed E-state index contributed by atoms with van der Waals surface area (Å²) in [7, 11) is 0. The zero-order valence-corrected chi connectivity index (χ0v) is 14.9. The van der Waals surface area contributed by atoms with Crippen LogP contribution < -0.4 is 4.90 Å². The molecule has 0 radical (unpaired) electrons. The Hall–Kier alpha value is -2.89. The minimum Gasteiger partial charge on any atom is -0.368 e. The third-order valence-electron chi connectivity index (χ3n) is 4.91. The summed E-state index contributed by atoms with van der Waals surface area (Å²) in [4.78, 5) is 27.0. The highest BCUT2D eigenvalue weighted by Gasteiger charge is 2.23. The molecule has 1 fully saturated rings. The van der Waals surface area contributed by atoms with Gasteiger partial charge < -0.3 is 9.80 Å². The molecule has 26 heavy (non-hydrogen) atoms. The van der Waals surface area contributed by atoms with E-state index < -0.39 is 4.92 Å². The topological polar surface area (TPSA) is 66.7 Å². The summed E-state index contributed by atoms with van der Waals surface area (Å²) in [6, 6.07) is 16.7. The standard InChI is InChI=1S/C20H23N3O3/c1-16(17-5-3-2-4-6-17)15-20(24)22-13-11-21(12-14-22)18-7-9-19(10-8-18)23(25)26/h2-10,16H,11-15H2,1H3. The first kappa shape index (κ1) is 17.9. The monoisotopic (exact) mass is 353 g/mol. The summed E-state index contributed by atoms with van der Waals surface area (Å²) in [5, 5.41) is 10.7. The molecule has 1 aliphatic rings. The first-order chi connectivity index (χ1) is 12.5. The maximum absolute atomic E-state index is 12.6. The van der Waals surface area contributed by atoms with Gasteiger partial charge in [-0.25, -0.2) is 0 Å². The molecule has 0 aliphatic carbocycles. The number of non-ortho nitro benzene ring substituents is 1. The number of rotatable bonds is 5. The Bertz CT molecular complexity index is 754. The Labute approximate surface area is 153 Å². The summed E-state index contributed by atoms with van der Waals surface area (Å²) in [5.74, 6) is 0.390. The van der Waals surface area contributed by atoms with E-state index in [4.69, 9.17) is 0 Å². The lowest BCUT2D eigenvalue weighted by Gasteiger charge is -2.36. The van der Waals surface area contributed by atoms with Gasteiger partial charge in [-0.05, 0) is 23.6 Å². The van der Waals surface area contributed by atoms with Crippen LogP contribution in [0.1, 0.15) is 24.8 Å². The third-order valence-corrected chi connectivity index (χ3v) is 4.91. The van der Waals surface area contributed by atoms with Crippen molar-refractivity contribution in [1.29, 1.82) is 0 Å². The third kappa shape index (κ3) is 4.20. The van der Waals surface area contributed by atoms with Crippen LogP contribution >= 0.6 is 0 Å². The lowest BCUT2D eigenvalue weighted by molar-refractivity contribution is -0.384. The Kier molecular flexibility index (Phi) is 5.51. The van der Waals surface area contributed by atoms with Crippen LogP contribution in [0, 0.1) is 10.1 Å². The summed E-state index contributed by atoms with van der Waals surface area (Å²) < 4.78 is 0. The summed E-state index contributed by atoms with van der Waals surface area (Å²) in [6.45, 7) is 4.92. The first-order valence-corrected chi connectivity index (χ1v) is 8.86. The van der Waals surface area contributed by atoms with Gasteiger partial charge in [-0.1, -0.05) is 37.3 Å². The van der Waals surface area contributed by atoms with Gasteiger partial charge in [0.2, 0.25) is 5.91 Å². The Morgan fingerprint density at radius 3 is 2.23 bits per heavy atom. The smallest absolute Gasteiger partial charge is 0.269 e. The van der Waals surface area contributed by atoms with E-state index in [0.717, 1.165) is 18.8 Å². The molecule has 0 saturated carbocycles. The number of carbonyl (C=O) groups excluding carboxylic acids is 1. The van der Waals surface area contributed by atoms with Crippen molar-refractivity contribution < 1.29 is 9.72 Å². The highest BCUT2D eigenvalue weighted by atomic mass is 16.6. The summed E-state index contributed by atoms with van der Waals surface area (Å²) in [5.41, 5.74) is 2.24. The van der Waals surface area contributed by atoms with Gasteiger partial charge in [-0.3, -0.25) is 14.9 Å². The van der Waals surface area contributed by atoms with Crippen LogP contribution in [0.5, 0.6) is 0 Å². The van der Waals surface area contributed by atoms with E-state index in [9.17, 15) is 14.9 Å². The zero-order chi connectivity index (χ0) is 18.5. The van der Waals surface area contributed by atoms with Crippen LogP contribution in [0.25, 0.3) is 0 Å². The molecule has 0 spiro atoms. The number of benzene rings is 2. The van der Waals surface area contributed by atoms with Crippen LogP contribution in [0.15, 0.2) is 54.6 Å². The molecule has 1 heterocycles. The number of hydrogen-bond acceptors (Lipinski definition) is 4. The highest BCUT2D eigenvalue weighted by Crippen LogP contribution is 2.23. The molecule has 2 aromatic rings. The van der Waals surface area contributed by atoms with Crippen LogP contribution in [0.3, 0.4) is 0 Å². The number of anilines is 1. The first-order valence-electron chi connectivity index (χ1n) is 8.86. The fourth-order valence-electron chi connectivity index (χ4n) is 3.29. The lowest BCUT2D eigenvalue weighted by atomic mass is 9.97. The zero-order valence-electron chi connectivity index (χ0n) is 14.9. The maximum Gasteiger partial charge on any atom is 0.269 e. The van der Waals surface area contributed by atoms with Gasteiger partial charge in [0.15, 0.2) is 0 Å². The van der Waals surface area contributed by atoms with Gasteiger partial charge >= 0.3 is 0 Å². The molecule has 0 bridgehead atoms. The van der Waals surface area contributed by atoms with Crippen molar-refractivity contribution in [2.75, 3.05) is 31.1 Å². The van der Waals surface area contributed by atoms with Gasteiger partial charge in [0.05, 0.1) is 4.92 Å². The average Bonchev–Trinajstić information content (AvgIpc) is 2.69. The second-order valence-corrected chi connectivity index (χ2v) is 6.66. The fourth-order valence-corrected chi connectivity index (χ4v) is 3.29. The van der Waals surface area contributed by atoms with Gasteiger partial charge in [-0.15, -0.1) is 0 Å². The van der Waals surface area contributed by atoms with Crippen LogP contribution in [-0.4, -0.2) is 41.9 Å². The molecule has 0 N–H and O–H groups in total. The maximum atomic E-state index is 12.6. The minimum atomic E-state index is -0.395. The number of hydrogen-bond donors (Lipinski definition) is 0. The van der Waals surface area contributed by atoms with E-state index in [-0.39, 0.29) is 17.5 Å². The second kappa shape index (κ2) is 7.99. The molecule has 1 atom stereocenters. The van der Waals surface area contributed by atoms with E-state index in [0.29, 0.717) is 19.5 Å². The molecule has 6 heteroatoms. The number of nitro benzene ring substituents is 1. The van der Waals surface area contributed by atoms with Crippen molar-refractivity contribution in [2.24, 2.45) is 0 Å². The number of amides is 1. The predicted molar refractivity (Wildman–Crippen MR) is 101 cm³/mol. The molecule has 3 rings (SSSR count). The van der Waals surface area contributed by atoms with E-state index in [2.05, 4.69) is 24.0 Å². The average molecular weight is 353 g/mol. The van der Waals surface area contributed by atoms with E-state index in [1.807, 2.05) is 23.1 Å². The Morgan fingerprint density at radius 2 is 1.65 bits per heavy atom. The molecule has 1 amide bonds. The molecule has 2 aromatic carbocycles.